The van der Waals surface area contributed by atoms with Crippen LogP contribution >= 0.6 is 0 Å². The normalized spacial score (nSPS) is 17.9. The molecule has 1 aromatic heterocycles. The summed E-state index contributed by atoms with van der Waals surface area (Å²) < 4.78 is 26.1. The lowest BCUT2D eigenvalue weighted by Gasteiger charge is -2.26. The zero-order valence-corrected chi connectivity index (χ0v) is 10.2. The molecule has 17 heavy (non-hydrogen) atoms. The molecule has 0 aliphatic carbocycles. The molecule has 6 heteroatoms. The Labute approximate surface area is 101 Å². The first-order valence-corrected chi connectivity index (χ1v) is 6.99. The minimum absolute atomic E-state index is 0.0596. The monoisotopic (exact) mass is 254 g/mol. The van der Waals surface area contributed by atoms with Crippen LogP contribution in [0.1, 0.15) is 29.6 Å². The number of sulfonamides is 1. The number of hydrogen-bond acceptors (Lipinski definition) is 4. The molecule has 0 spiro atoms. The van der Waals surface area contributed by atoms with Crippen molar-refractivity contribution in [3.63, 3.8) is 0 Å². The highest BCUT2D eigenvalue weighted by atomic mass is 32.2. The van der Waals surface area contributed by atoms with Gasteiger partial charge >= 0.3 is 0 Å². The van der Waals surface area contributed by atoms with E-state index < -0.39 is 10.0 Å². The maximum Gasteiger partial charge on any atom is 0.243 e. The molecule has 0 atom stereocenters. The highest BCUT2D eigenvalue weighted by Gasteiger charge is 2.27. The Balaban J connectivity index is 2.40. The van der Waals surface area contributed by atoms with Crippen LogP contribution in [0.4, 0.5) is 0 Å². The first-order chi connectivity index (χ1) is 8.16. The van der Waals surface area contributed by atoms with Crippen molar-refractivity contribution in [1.29, 1.82) is 0 Å². The molecule has 1 aromatic rings. The number of piperidine rings is 1. The number of hydrogen-bond donors (Lipinski definition) is 0. The van der Waals surface area contributed by atoms with Gasteiger partial charge in [0.05, 0.1) is 10.5 Å². The fraction of sp³-hybridized carbons (Fsp3) is 0.455. The SMILES string of the molecule is O=Cc1cnccc1S(=O)(=O)N1CCCCC1. The van der Waals surface area contributed by atoms with E-state index in [-0.39, 0.29) is 10.5 Å². The van der Waals surface area contributed by atoms with E-state index in [0.717, 1.165) is 19.3 Å². The second-order valence-electron chi connectivity index (χ2n) is 4.00. The van der Waals surface area contributed by atoms with Crippen molar-refractivity contribution >= 4 is 16.3 Å². The van der Waals surface area contributed by atoms with Crippen LogP contribution in [0.5, 0.6) is 0 Å². The number of rotatable bonds is 3. The van der Waals surface area contributed by atoms with E-state index >= 15 is 0 Å². The van der Waals surface area contributed by atoms with Crippen LogP contribution in [0, 0.1) is 0 Å². The molecule has 0 aromatic carbocycles. The van der Waals surface area contributed by atoms with Crippen LogP contribution in [0.2, 0.25) is 0 Å². The Morgan fingerprint density at radius 3 is 2.59 bits per heavy atom. The number of carbonyl (C=O) groups is 1. The maximum absolute atomic E-state index is 12.3. The molecule has 92 valence electrons. The highest BCUT2D eigenvalue weighted by molar-refractivity contribution is 7.89. The molecule has 1 aliphatic heterocycles. The summed E-state index contributed by atoms with van der Waals surface area (Å²) in [5.41, 5.74) is 0.123. The van der Waals surface area contributed by atoms with Gasteiger partial charge in [0.15, 0.2) is 6.29 Å². The minimum Gasteiger partial charge on any atom is -0.298 e. The summed E-state index contributed by atoms with van der Waals surface area (Å²) in [5, 5.41) is 0. The van der Waals surface area contributed by atoms with Gasteiger partial charge in [-0.05, 0) is 18.9 Å². The Morgan fingerprint density at radius 1 is 1.24 bits per heavy atom. The first kappa shape index (κ1) is 12.2. The van der Waals surface area contributed by atoms with Gasteiger partial charge in [-0.1, -0.05) is 6.42 Å². The number of aromatic nitrogens is 1. The van der Waals surface area contributed by atoms with E-state index in [1.165, 1.54) is 22.8 Å². The highest BCUT2D eigenvalue weighted by Crippen LogP contribution is 2.21. The molecule has 0 N–H and O–H groups in total. The van der Waals surface area contributed by atoms with Gasteiger partial charge < -0.3 is 0 Å². The quantitative estimate of drug-likeness (QED) is 0.757. The van der Waals surface area contributed by atoms with Crippen LogP contribution in [0.25, 0.3) is 0 Å². The molecule has 0 saturated carbocycles. The zero-order valence-electron chi connectivity index (χ0n) is 9.37. The minimum atomic E-state index is -3.54. The molecule has 2 rings (SSSR count). The lowest BCUT2D eigenvalue weighted by molar-refractivity contribution is 0.112. The predicted molar refractivity (Wildman–Crippen MR) is 62.2 cm³/mol. The van der Waals surface area contributed by atoms with Crippen LogP contribution in [0.3, 0.4) is 0 Å². The molecule has 0 bridgehead atoms. The van der Waals surface area contributed by atoms with Gasteiger partial charge in [-0.15, -0.1) is 0 Å². The Bertz CT molecular complexity index is 507. The Morgan fingerprint density at radius 2 is 1.94 bits per heavy atom. The van der Waals surface area contributed by atoms with Crippen LogP contribution in [-0.2, 0) is 10.0 Å². The Kier molecular flexibility index (Phi) is 3.54. The third-order valence-electron chi connectivity index (χ3n) is 2.87. The molecule has 1 aliphatic rings. The fourth-order valence-corrected chi connectivity index (χ4v) is 3.61. The van der Waals surface area contributed by atoms with Crippen molar-refractivity contribution in [2.75, 3.05) is 13.1 Å². The zero-order chi connectivity index (χ0) is 12.3. The van der Waals surface area contributed by atoms with Gasteiger partial charge in [0, 0.05) is 25.5 Å². The molecule has 1 saturated heterocycles. The average Bonchev–Trinajstić information content (AvgIpc) is 2.39. The summed E-state index contributed by atoms with van der Waals surface area (Å²) in [4.78, 5) is 14.7. The van der Waals surface area contributed by atoms with Crippen LogP contribution in [-0.4, -0.2) is 37.1 Å². The Hall–Kier alpha value is -1.27. The standard InChI is InChI=1S/C11H14N2O3S/c14-9-10-8-12-5-4-11(10)17(15,16)13-6-2-1-3-7-13/h4-5,8-9H,1-3,6-7H2. The summed E-state index contributed by atoms with van der Waals surface area (Å²) in [6.45, 7) is 1.06. The van der Waals surface area contributed by atoms with Crippen LogP contribution in [0.15, 0.2) is 23.4 Å². The van der Waals surface area contributed by atoms with E-state index in [1.807, 2.05) is 0 Å². The number of nitrogens with zero attached hydrogens (tertiary/aromatic N) is 2. The lowest BCUT2D eigenvalue weighted by Crippen LogP contribution is -2.36. The van der Waals surface area contributed by atoms with Gasteiger partial charge in [0.1, 0.15) is 0 Å². The topological polar surface area (TPSA) is 67.3 Å². The second-order valence-corrected chi connectivity index (χ2v) is 5.90. The van der Waals surface area contributed by atoms with Crippen molar-refractivity contribution in [2.24, 2.45) is 0 Å². The molecule has 2 heterocycles. The van der Waals surface area contributed by atoms with E-state index in [1.54, 1.807) is 0 Å². The molecule has 5 nitrogen and oxygen atoms in total. The molecule has 1 fully saturated rings. The third-order valence-corrected chi connectivity index (χ3v) is 4.84. The number of aldehydes is 1. The van der Waals surface area contributed by atoms with Crippen molar-refractivity contribution < 1.29 is 13.2 Å². The van der Waals surface area contributed by atoms with E-state index in [9.17, 15) is 13.2 Å². The number of carbonyl (C=O) groups excluding carboxylic acids is 1. The van der Waals surface area contributed by atoms with Crippen molar-refractivity contribution in [1.82, 2.24) is 9.29 Å². The lowest BCUT2D eigenvalue weighted by atomic mass is 10.2. The smallest absolute Gasteiger partial charge is 0.243 e. The fourth-order valence-electron chi connectivity index (χ4n) is 1.96. The van der Waals surface area contributed by atoms with Gasteiger partial charge in [-0.2, -0.15) is 4.31 Å². The summed E-state index contributed by atoms with van der Waals surface area (Å²) in [5.74, 6) is 0. The summed E-state index contributed by atoms with van der Waals surface area (Å²) in [6, 6.07) is 1.38. The average molecular weight is 254 g/mol. The van der Waals surface area contributed by atoms with Crippen molar-refractivity contribution in [2.45, 2.75) is 24.2 Å². The second kappa shape index (κ2) is 4.93. The van der Waals surface area contributed by atoms with Crippen molar-refractivity contribution in [3.8, 4) is 0 Å². The molecular weight excluding hydrogens is 240 g/mol. The van der Waals surface area contributed by atoms with E-state index in [2.05, 4.69) is 4.98 Å². The molecule has 0 unspecified atom stereocenters. The van der Waals surface area contributed by atoms with Gasteiger partial charge in [0.25, 0.3) is 0 Å². The summed E-state index contributed by atoms with van der Waals surface area (Å²) >= 11 is 0. The third kappa shape index (κ3) is 2.37. The van der Waals surface area contributed by atoms with E-state index in [0.29, 0.717) is 19.4 Å². The summed E-state index contributed by atoms with van der Waals surface area (Å²) in [7, 11) is -3.54. The predicted octanol–water partition coefficient (Wildman–Crippen LogP) is 1.07. The maximum atomic E-state index is 12.3. The summed E-state index contributed by atoms with van der Waals surface area (Å²) in [6.07, 6.45) is 6.02. The molecule has 0 amide bonds. The van der Waals surface area contributed by atoms with Crippen LogP contribution < -0.4 is 0 Å². The van der Waals surface area contributed by atoms with Gasteiger partial charge in [-0.3, -0.25) is 9.78 Å². The molecular formula is C11H14N2O3S. The molecule has 0 radical (unpaired) electrons. The van der Waals surface area contributed by atoms with Gasteiger partial charge in [-0.25, -0.2) is 8.42 Å². The number of pyridine rings is 1. The van der Waals surface area contributed by atoms with Crippen molar-refractivity contribution in [3.05, 3.63) is 24.0 Å². The van der Waals surface area contributed by atoms with E-state index in [4.69, 9.17) is 0 Å². The van der Waals surface area contributed by atoms with Gasteiger partial charge in [0.2, 0.25) is 10.0 Å². The largest absolute Gasteiger partial charge is 0.298 e. The first-order valence-electron chi connectivity index (χ1n) is 5.55.